The topological polar surface area (TPSA) is 98.6 Å². The SMILES string of the molecule is CC.CC.CCCN(C=N)c1ccc(-c2ccc(N3CC(CNC(C)=O)OC3=O)cc2F)cn1. The number of amides is 2. The van der Waals surface area contributed by atoms with Gasteiger partial charge in [0.15, 0.2) is 0 Å². The molecule has 2 heterocycles. The minimum Gasteiger partial charge on any atom is -0.442 e. The lowest BCUT2D eigenvalue weighted by molar-refractivity contribution is -0.119. The van der Waals surface area contributed by atoms with Crippen LogP contribution in [0.3, 0.4) is 0 Å². The molecule has 1 aliphatic heterocycles. The Bertz CT molecular complexity index is 937. The van der Waals surface area contributed by atoms with Crippen LogP contribution in [0.15, 0.2) is 36.5 Å². The van der Waals surface area contributed by atoms with Gasteiger partial charge in [-0.25, -0.2) is 14.2 Å². The van der Waals surface area contributed by atoms with E-state index in [1.165, 1.54) is 24.2 Å². The molecule has 8 nitrogen and oxygen atoms in total. The third kappa shape index (κ3) is 7.54. The molecule has 1 fully saturated rings. The van der Waals surface area contributed by atoms with Gasteiger partial charge in [-0.1, -0.05) is 34.6 Å². The highest BCUT2D eigenvalue weighted by Crippen LogP contribution is 2.29. The van der Waals surface area contributed by atoms with E-state index < -0.39 is 18.0 Å². The van der Waals surface area contributed by atoms with E-state index in [4.69, 9.17) is 10.1 Å². The average molecular weight is 474 g/mol. The van der Waals surface area contributed by atoms with Crippen molar-refractivity contribution in [3.8, 4) is 11.1 Å². The summed E-state index contributed by atoms with van der Waals surface area (Å²) < 4.78 is 20.0. The molecule has 1 saturated heterocycles. The lowest BCUT2D eigenvalue weighted by atomic mass is 10.1. The van der Waals surface area contributed by atoms with Gasteiger partial charge in [0.05, 0.1) is 25.1 Å². The molecular weight excluding hydrogens is 437 g/mol. The zero-order chi connectivity index (χ0) is 25.7. The van der Waals surface area contributed by atoms with Gasteiger partial charge in [-0.15, -0.1) is 0 Å². The molecule has 2 amide bonds. The second-order valence-electron chi connectivity index (χ2n) is 6.95. The standard InChI is InChI=1S/C21H24FN5O3.2C2H6/c1-3-8-26(13-23)20-7-4-15(10-25-20)18-6-5-16(9-19(18)22)27-12-17(30-21(27)29)11-24-14(2)28;2*1-2/h4-7,9-10,13,17,23H,3,8,11-12H2,1-2H3,(H,24,28);2*1-2H3. The van der Waals surface area contributed by atoms with Crippen LogP contribution in [0.4, 0.5) is 20.7 Å². The van der Waals surface area contributed by atoms with Gasteiger partial charge >= 0.3 is 6.09 Å². The lowest BCUT2D eigenvalue weighted by Crippen LogP contribution is -2.33. The van der Waals surface area contributed by atoms with Crippen LogP contribution in [0.5, 0.6) is 0 Å². The van der Waals surface area contributed by atoms with E-state index in [9.17, 15) is 14.0 Å². The number of carbonyl (C=O) groups excluding carboxylic acids is 2. The van der Waals surface area contributed by atoms with Crippen LogP contribution in [0.25, 0.3) is 11.1 Å². The highest BCUT2D eigenvalue weighted by Gasteiger charge is 2.32. The normalized spacial score (nSPS) is 14.1. The summed E-state index contributed by atoms with van der Waals surface area (Å²) in [6.45, 7) is 12.5. The molecule has 1 unspecified atom stereocenters. The van der Waals surface area contributed by atoms with E-state index in [1.807, 2.05) is 34.6 Å². The molecule has 1 aliphatic rings. The van der Waals surface area contributed by atoms with Crippen molar-refractivity contribution in [2.24, 2.45) is 0 Å². The Kier molecular flexibility index (Phi) is 12.3. The van der Waals surface area contributed by atoms with Crippen molar-refractivity contribution in [3.05, 3.63) is 42.3 Å². The lowest BCUT2D eigenvalue weighted by Gasteiger charge is -2.17. The summed E-state index contributed by atoms with van der Waals surface area (Å²) in [5, 5.41) is 10.1. The third-order valence-corrected chi connectivity index (χ3v) is 4.69. The number of anilines is 2. The summed E-state index contributed by atoms with van der Waals surface area (Å²) in [4.78, 5) is 30.5. The molecule has 0 bridgehead atoms. The molecule has 0 aliphatic carbocycles. The molecule has 2 aromatic rings. The van der Waals surface area contributed by atoms with Crippen molar-refractivity contribution in [1.82, 2.24) is 10.3 Å². The molecule has 0 spiro atoms. The van der Waals surface area contributed by atoms with Gasteiger partial charge in [0, 0.05) is 30.8 Å². The summed E-state index contributed by atoms with van der Waals surface area (Å²) in [5.41, 5.74) is 1.34. The molecule has 34 heavy (non-hydrogen) atoms. The first-order valence-electron chi connectivity index (χ1n) is 11.7. The fourth-order valence-electron chi connectivity index (χ4n) is 3.20. The average Bonchev–Trinajstić information content (AvgIpc) is 3.24. The number of benzene rings is 1. The van der Waals surface area contributed by atoms with Crippen molar-refractivity contribution >= 4 is 29.8 Å². The molecule has 1 aromatic carbocycles. The van der Waals surface area contributed by atoms with Crippen LogP contribution >= 0.6 is 0 Å². The third-order valence-electron chi connectivity index (χ3n) is 4.69. The van der Waals surface area contributed by atoms with Gasteiger partial charge in [0.2, 0.25) is 5.91 Å². The number of cyclic esters (lactones) is 1. The van der Waals surface area contributed by atoms with Gasteiger partial charge in [0.1, 0.15) is 17.7 Å². The predicted molar refractivity (Wildman–Crippen MR) is 135 cm³/mol. The van der Waals surface area contributed by atoms with Gasteiger partial charge in [-0.05, 0) is 36.8 Å². The van der Waals surface area contributed by atoms with Crippen molar-refractivity contribution < 1.29 is 18.7 Å². The largest absolute Gasteiger partial charge is 0.442 e. The number of pyridine rings is 1. The highest BCUT2D eigenvalue weighted by molar-refractivity contribution is 5.90. The summed E-state index contributed by atoms with van der Waals surface area (Å²) in [7, 11) is 0. The highest BCUT2D eigenvalue weighted by atomic mass is 19.1. The molecule has 0 radical (unpaired) electrons. The van der Waals surface area contributed by atoms with Gasteiger partial charge < -0.3 is 15.0 Å². The van der Waals surface area contributed by atoms with E-state index in [0.717, 1.165) is 6.42 Å². The summed E-state index contributed by atoms with van der Waals surface area (Å²) in [6, 6.07) is 8.02. The number of rotatable bonds is 8. The molecule has 9 heteroatoms. The number of aromatic nitrogens is 1. The first-order valence-corrected chi connectivity index (χ1v) is 11.7. The van der Waals surface area contributed by atoms with E-state index in [1.54, 1.807) is 35.4 Å². The molecule has 1 aromatic heterocycles. The molecule has 3 rings (SSSR count). The second kappa shape index (κ2) is 14.6. The predicted octanol–water partition coefficient (Wildman–Crippen LogP) is 5.22. The second-order valence-corrected chi connectivity index (χ2v) is 6.95. The Hall–Kier alpha value is -3.49. The fraction of sp³-hybridized carbons (Fsp3) is 0.440. The number of carbonyl (C=O) groups is 2. The number of halogens is 1. The Morgan fingerprint density at radius 3 is 2.53 bits per heavy atom. The maximum atomic E-state index is 14.8. The van der Waals surface area contributed by atoms with Crippen LogP contribution in [0.1, 0.15) is 48.0 Å². The van der Waals surface area contributed by atoms with Crippen molar-refractivity contribution in [1.29, 1.82) is 5.41 Å². The minimum absolute atomic E-state index is 0.209. The first kappa shape index (κ1) is 28.5. The number of hydrogen-bond donors (Lipinski definition) is 2. The molecular formula is C25H36FN5O3. The minimum atomic E-state index is -0.578. The van der Waals surface area contributed by atoms with Gasteiger partial charge in [-0.2, -0.15) is 0 Å². The zero-order valence-corrected chi connectivity index (χ0v) is 20.9. The van der Waals surface area contributed by atoms with Crippen molar-refractivity contribution in [2.75, 3.05) is 29.4 Å². The Labute approximate surface area is 201 Å². The maximum absolute atomic E-state index is 14.8. The van der Waals surface area contributed by atoms with E-state index in [0.29, 0.717) is 29.2 Å². The van der Waals surface area contributed by atoms with Crippen LogP contribution in [0, 0.1) is 11.2 Å². The number of hydrogen-bond acceptors (Lipinski definition) is 5. The molecule has 186 valence electrons. The van der Waals surface area contributed by atoms with Crippen molar-refractivity contribution in [3.63, 3.8) is 0 Å². The molecule has 1 atom stereocenters. The van der Waals surface area contributed by atoms with E-state index >= 15 is 0 Å². The first-order chi connectivity index (χ1) is 16.4. The molecule has 0 saturated carbocycles. The van der Waals surface area contributed by atoms with E-state index in [-0.39, 0.29) is 19.0 Å². The quantitative estimate of drug-likeness (QED) is 0.404. The summed E-state index contributed by atoms with van der Waals surface area (Å²) in [6.07, 6.45) is 2.59. The van der Waals surface area contributed by atoms with Crippen LogP contribution in [-0.4, -0.2) is 49.1 Å². The number of nitrogens with zero attached hydrogens (tertiary/aromatic N) is 3. The number of nitrogens with one attached hydrogen (secondary N) is 2. The van der Waals surface area contributed by atoms with Gasteiger partial charge in [0.25, 0.3) is 0 Å². The smallest absolute Gasteiger partial charge is 0.414 e. The van der Waals surface area contributed by atoms with Gasteiger partial charge in [-0.3, -0.25) is 15.1 Å². The monoisotopic (exact) mass is 473 g/mol. The molecule has 2 N–H and O–H groups in total. The summed E-state index contributed by atoms with van der Waals surface area (Å²) in [5.74, 6) is -0.0757. The maximum Gasteiger partial charge on any atom is 0.414 e. The van der Waals surface area contributed by atoms with E-state index in [2.05, 4.69) is 10.3 Å². The fourth-order valence-corrected chi connectivity index (χ4v) is 3.20. The van der Waals surface area contributed by atoms with Crippen LogP contribution in [0.2, 0.25) is 0 Å². The zero-order valence-electron chi connectivity index (χ0n) is 20.9. The van der Waals surface area contributed by atoms with Crippen LogP contribution < -0.4 is 15.1 Å². The summed E-state index contributed by atoms with van der Waals surface area (Å²) >= 11 is 0. The van der Waals surface area contributed by atoms with Crippen LogP contribution in [-0.2, 0) is 9.53 Å². The number of ether oxygens (including phenoxy) is 1. The Morgan fingerprint density at radius 1 is 1.29 bits per heavy atom. The van der Waals surface area contributed by atoms with Crippen molar-refractivity contribution in [2.45, 2.75) is 54.1 Å². The Morgan fingerprint density at radius 2 is 2.00 bits per heavy atom. The Balaban J connectivity index is 0.00000137.